The molecule has 2 aromatic rings. The van der Waals surface area contributed by atoms with Crippen LogP contribution in [-0.4, -0.2) is 60.6 Å². The minimum absolute atomic E-state index is 0.204. The number of morpholine rings is 1. The van der Waals surface area contributed by atoms with E-state index in [4.69, 9.17) is 4.74 Å². The average Bonchev–Trinajstić information content (AvgIpc) is 2.78. The van der Waals surface area contributed by atoms with E-state index >= 15 is 0 Å². The van der Waals surface area contributed by atoms with Gasteiger partial charge in [0.2, 0.25) is 11.8 Å². The summed E-state index contributed by atoms with van der Waals surface area (Å²) in [6.45, 7) is 6.21. The van der Waals surface area contributed by atoms with E-state index in [1.54, 1.807) is 12.3 Å². The van der Waals surface area contributed by atoms with E-state index in [0.29, 0.717) is 18.7 Å². The molecule has 0 spiro atoms. The molecule has 0 bridgehead atoms. The SMILES string of the molecule is CCCC(NC(=O)Cc1cc(F)cc(F)c1)C(=O)Nc1ccc(CCN2CCOCC2)cn1. The van der Waals surface area contributed by atoms with Gasteiger partial charge in [0.1, 0.15) is 23.5 Å². The summed E-state index contributed by atoms with van der Waals surface area (Å²) in [5, 5.41) is 5.39. The molecule has 7 nitrogen and oxygen atoms in total. The van der Waals surface area contributed by atoms with Gasteiger partial charge in [-0.15, -0.1) is 0 Å². The van der Waals surface area contributed by atoms with E-state index < -0.39 is 23.6 Å². The number of hydrogen-bond donors (Lipinski definition) is 2. The van der Waals surface area contributed by atoms with Gasteiger partial charge in [-0.25, -0.2) is 13.8 Å². The first-order chi connectivity index (χ1) is 15.9. The number of carbonyl (C=O) groups is 2. The molecule has 3 rings (SSSR count). The fourth-order valence-electron chi connectivity index (χ4n) is 3.67. The Kier molecular flexibility index (Phi) is 9.26. The third kappa shape index (κ3) is 8.18. The zero-order valence-electron chi connectivity index (χ0n) is 18.8. The van der Waals surface area contributed by atoms with Gasteiger partial charge in [-0.3, -0.25) is 14.5 Å². The Labute approximate surface area is 192 Å². The van der Waals surface area contributed by atoms with E-state index in [1.165, 1.54) is 0 Å². The maximum Gasteiger partial charge on any atom is 0.248 e. The summed E-state index contributed by atoms with van der Waals surface area (Å²) >= 11 is 0. The lowest BCUT2D eigenvalue weighted by Crippen LogP contribution is -2.44. The van der Waals surface area contributed by atoms with Crippen LogP contribution < -0.4 is 10.6 Å². The summed E-state index contributed by atoms with van der Waals surface area (Å²) in [5.41, 5.74) is 1.27. The van der Waals surface area contributed by atoms with Crippen LogP contribution in [-0.2, 0) is 27.2 Å². The summed E-state index contributed by atoms with van der Waals surface area (Å²) in [5.74, 6) is -1.97. The van der Waals surface area contributed by atoms with Gasteiger partial charge in [0.15, 0.2) is 0 Å². The van der Waals surface area contributed by atoms with Gasteiger partial charge >= 0.3 is 0 Å². The van der Waals surface area contributed by atoms with Crippen molar-refractivity contribution in [3.05, 3.63) is 59.3 Å². The highest BCUT2D eigenvalue weighted by Crippen LogP contribution is 2.11. The Morgan fingerprint density at radius 1 is 1.12 bits per heavy atom. The molecule has 1 aromatic carbocycles. The third-order valence-corrected chi connectivity index (χ3v) is 5.41. The number of amides is 2. The first-order valence-corrected chi connectivity index (χ1v) is 11.2. The van der Waals surface area contributed by atoms with Crippen molar-refractivity contribution in [3.63, 3.8) is 0 Å². The van der Waals surface area contributed by atoms with E-state index in [-0.39, 0.29) is 17.9 Å². The number of aromatic nitrogens is 1. The number of nitrogens with zero attached hydrogens (tertiary/aromatic N) is 2. The fourth-order valence-corrected chi connectivity index (χ4v) is 3.67. The molecule has 0 saturated carbocycles. The molecule has 1 aliphatic rings. The number of anilines is 1. The second-order valence-electron chi connectivity index (χ2n) is 8.11. The topological polar surface area (TPSA) is 83.6 Å². The fraction of sp³-hybridized carbons (Fsp3) is 0.458. The average molecular weight is 461 g/mol. The highest BCUT2D eigenvalue weighted by Gasteiger charge is 2.21. The molecule has 1 fully saturated rings. The van der Waals surface area contributed by atoms with Crippen molar-refractivity contribution >= 4 is 17.6 Å². The Morgan fingerprint density at radius 3 is 2.48 bits per heavy atom. The molecule has 1 saturated heterocycles. The molecular formula is C24H30F2N4O3. The number of rotatable bonds is 10. The molecule has 2 N–H and O–H groups in total. The quantitative estimate of drug-likeness (QED) is 0.570. The van der Waals surface area contributed by atoms with Gasteiger partial charge in [-0.05, 0) is 42.2 Å². The molecular weight excluding hydrogens is 430 g/mol. The summed E-state index contributed by atoms with van der Waals surface area (Å²) in [7, 11) is 0. The van der Waals surface area contributed by atoms with Crippen molar-refractivity contribution < 1.29 is 23.1 Å². The maximum atomic E-state index is 13.4. The normalized spacial score (nSPS) is 15.1. The Hall–Kier alpha value is -2.91. The number of halogens is 2. The number of carbonyl (C=O) groups excluding carboxylic acids is 2. The molecule has 1 unspecified atom stereocenters. The largest absolute Gasteiger partial charge is 0.379 e. The molecule has 9 heteroatoms. The summed E-state index contributed by atoms with van der Waals surface area (Å²) < 4.78 is 32.1. The van der Waals surface area contributed by atoms with Gasteiger partial charge < -0.3 is 15.4 Å². The van der Waals surface area contributed by atoms with Crippen LogP contribution in [0.4, 0.5) is 14.6 Å². The van der Waals surface area contributed by atoms with Crippen LogP contribution in [0.15, 0.2) is 36.5 Å². The van der Waals surface area contributed by atoms with Gasteiger partial charge in [0.05, 0.1) is 19.6 Å². The zero-order valence-corrected chi connectivity index (χ0v) is 18.8. The van der Waals surface area contributed by atoms with Crippen molar-refractivity contribution in [2.45, 2.75) is 38.6 Å². The highest BCUT2D eigenvalue weighted by molar-refractivity contribution is 5.96. The number of nitrogens with one attached hydrogen (secondary N) is 2. The minimum atomic E-state index is -0.774. The van der Waals surface area contributed by atoms with Crippen molar-refractivity contribution in [1.29, 1.82) is 0 Å². The molecule has 1 atom stereocenters. The number of ether oxygens (including phenoxy) is 1. The molecule has 1 aliphatic heterocycles. The van der Waals surface area contributed by atoms with Crippen molar-refractivity contribution in [1.82, 2.24) is 15.2 Å². The number of benzene rings is 1. The molecule has 1 aromatic heterocycles. The van der Waals surface area contributed by atoms with Crippen molar-refractivity contribution in [3.8, 4) is 0 Å². The predicted octanol–water partition coefficient (Wildman–Crippen LogP) is 2.70. The summed E-state index contributed by atoms with van der Waals surface area (Å²) in [6, 6.07) is 5.84. The van der Waals surface area contributed by atoms with Crippen LogP contribution in [0.1, 0.15) is 30.9 Å². The van der Waals surface area contributed by atoms with E-state index in [0.717, 1.165) is 63.0 Å². The minimum Gasteiger partial charge on any atom is -0.379 e. The van der Waals surface area contributed by atoms with Crippen LogP contribution in [0.25, 0.3) is 0 Å². The predicted molar refractivity (Wildman–Crippen MR) is 121 cm³/mol. The molecule has 0 radical (unpaired) electrons. The molecule has 33 heavy (non-hydrogen) atoms. The Balaban J connectivity index is 1.51. The standard InChI is InChI=1S/C24H30F2N4O3/c1-2-3-21(28-23(31)14-18-12-19(25)15-20(26)13-18)24(32)29-22-5-4-17(16-27-22)6-7-30-8-10-33-11-9-30/h4-5,12-13,15-16,21H,2-3,6-11,14H2,1H3,(H,28,31)(H,27,29,32). The van der Waals surface area contributed by atoms with Crippen LogP contribution >= 0.6 is 0 Å². The van der Waals surface area contributed by atoms with Gasteiger partial charge in [0.25, 0.3) is 0 Å². The number of hydrogen-bond acceptors (Lipinski definition) is 5. The summed E-state index contributed by atoms with van der Waals surface area (Å²) in [6.07, 6.45) is 3.46. The van der Waals surface area contributed by atoms with Gasteiger partial charge in [-0.1, -0.05) is 19.4 Å². The second-order valence-corrected chi connectivity index (χ2v) is 8.11. The first kappa shape index (κ1) is 24.7. The molecule has 178 valence electrons. The van der Waals surface area contributed by atoms with Crippen LogP contribution in [0.5, 0.6) is 0 Å². The Bertz CT molecular complexity index is 914. The van der Waals surface area contributed by atoms with Crippen LogP contribution in [0, 0.1) is 11.6 Å². The number of pyridine rings is 1. The lowest BCUT2D eigenvalue weighted by molar-refractivity contribution is -0.126. The monoisotopic (exact) mass is 460 g/mol. The van der Waals surface area contributed by atoms with Crippen molar-refractivity contribution in [2.75, 3.05) is 38.2 Å². The lowest BCUT2D eigenvalue weighted by atomic mass is 10.1. The second kappa shape index (κ2) is 12.4. The van der Waals surface area contributed by atoms with Crippen LogP contribution in [0.3, 0.4) is 0 Å². The van der Waals surface area contributed by atoms with Crippen LogP contribution in [0.2, 0.25) is 0 Å². The first-order valence-electron chi connectivity index (χ1n) is 11.2. The zero-order chi connectivity index (χ0) is 23.6. The molecule has 2 heterocycles. The van der Waals surface area contributed by atoms with Gasteiger partial charge in [0, 0.05) is 31.9 Å². The van der Waals surface area contributed by atoms with E-state index in [9.17, 15) is 18.4 Å². The Morgan fingerprint density at radius 2 is 1.85 bits per heavy atom. The molecule has 0 aliphatic carbocycles. The van der Waals surface area contributed by atoms with Gasteiger partial charge in [-0.2, -0.15) is 0 Å². The third-order valence-electron chi connectivity index (χ3n) is 5.41. The smallest absolute Gasteiger partial charge is 0.248 e. The van der Waals surface area contributed by atoms with E-state index in [1.807, 2.05) is 13.0 Å². The van der Waals surface area contributed by atoms with E-state index in [2.05, 4.69) is 20.5 Å². The molecule has 2 amide bonds. The maximum absolute atomic E-state index is 13.4. The highest BCUT2D eigenvalue weighted by atomic mass is 19.1. The lowest BCUT2D eigenvalue weighted by Gasteiger charge is -2.26. The van der Waals surface area contributed by atoms with Crippen molar-refractivity contribution in [2.24, 2.45) is 0 Å². The summed E-state index contributed by atoms with van der Waals surface area (Å²) in [4.78, 5) is 31.7.